The molecule has 12 heteroatoms. The molecule has 0 aliphatic carbocycles. The van der Waals surface area contributed by atoms with Gasteiger partial charge in [-0.15, -0.1) is 0 Å². The van der Waals surface area contributed by atoms with E-state index < -0.39 is 40.7 Å². The van der Waals surface area contributed by atoms with Gasteiger partial charge in [-0.3, -0.25) is 14.7 Å². The van der Waals surface area contributed by atoms with Crippen LogP contribution in [0.3, 0.4) is 0 Å². The molecule has 0 unspecified atom stereocenters. The lowest BCUT2D eigenvalue weighted by Gasteiger charge is -2.59. The highest BCUT2D eigenvalue weighted by molar-refractivity contribution is 5.62. The van der Waals surface area contributed by atoms with Crippen molar-refractivity contribution in [2.45, 2.75) is 113 Å². The minimum atomic E-state index is -1.51. The second-order valence-corrected chi connectivity index (χ2v) is 12.1. The average molecular weight is 567 g/mol. The number of ether oxygens (including phenoxy) is 3. The van der Waals surface area contributed by atoms with Crippen LogP contribution in [0.25, 0.3) is 0 Å². The zero-order valence-electron chi connectivity index (χ0n) is 26.0. The van der Waals surface area contributed by atoms with Gasteiger partial charge in [-0.25, -0.2) is 14.4 Å². The van der Waals surface area contributed by atoms with Crippen LogP contribution in [0.2, 0.25) is 0 Å². The molecule has 12 nitrogen and oxygen atoms in total. The number of hydrogen-bond acceptors (Lipinski definition) is 12. The Kier molecular flexibility index (Phi) is 14.6. The van der Waals surface area contributed by atoms with Crippen molar-refractivity contribution in [3.8, 4) is 0 Å². The summed E-state index contributed by atoms with van der Waals surface area (Å²) in [7, 11) is 0. The van der Waals surface area contributed by atoms with E-state index in [4.69, 9.17) is 43.5 Å². The maximum Gasteiger partial charge on any atom is 0.541 e. The van der Waals surface area contributed by atoms with Crippen LogP contribution in [0.1, 0.15) is 96.4 Å². The summed E-state index contributed by atoms with van der Waals surface area (Å²) >= 11 is 0. The molecule has 0 saturated heterocycles. The minimum Gasteiger partial charge on any atom is -0.425 e. The highest BCUT2D eigenvalue weighted by Crippen LogP contribution is 2.57. The molecule has 0 rings (SSSR count). The Hall–Kier alpha value is -2.31. The van der Waals surface area contributed by atoms with Crippen LogP contribution in [0.15, 0.2) is 0 Å². The molecule has 230 valence electrons. The molecule has 0 bridgehead atoms. The predicted octanol–water partition coefficient (Wildman–Crippen LogP) is 6.94. The molecule has 0 spiro atoms. The van der Waals surface area contributed by atoms with Crippen molar-refractivity contribution in [2.24, 2.45) is 23.2 Å². The van der Waals surface area contributed by atoms with Gasteiger partial charge < -0.3 is 14.2 Å². The van der Waals surface area contributed by atoms with Crippen molar-refractivity contribution in [3.05, 3.63) is 0 Å². The van der Waals surface area contributed by atoms with E-state index in [1.54, 1.807) is 48.5 Å². The van der Waals surface area contributed by atoms with Crippen molar-refractivity contribution >= 4 is 18.5 Å². The van der Waals surface area contributed by atoms with E-state index in [1.165, 1.54) is 0 Å². The maximum absolute atomic E-state index is 12.6. The molecular formula is C27H50O12. The Morgan fingerprint density at radius 3 is 0.923 bits per heavy atom. The van der Waals surface area contributed by atoms with Crippen molar-refractivity contribution in [1.82, 2.24) is 0 Å². The number of carbonyl (C=O) groups excluding carboxylic acids is 3. The monoisotopic (exact) mass is 566 g/mol. The molecule has 0 aromatic rings. The summed E-state index contributed by atoms with van der Waals surface area (Å²) in [5, 5.41) is 0. The van der Waals surface area contributed by atoms with Crippen LogP contribution in [-0.4, -0.2) is 55.1 Å². The van der Waals surface area contributed by atoms with E-state index >= 15 is 0 Å². The first-order valence-corrected chi connectivity index (χ1v) is 13.3. The van der Waals surface area contributed by atoms with Crippen molar-refractivity contribution in [2.75, 3.05) is 19.8 Å². The fourth-order valence-electron chi connectivity index (χ4n) is 5.04. The Bertz CT molecular complexity index is 673. The van der Waals surface area contributed by atoms with Crippen LogP contribution < -0.4 is 0 Å². The lowest BCUT2D eigenvalue weighted by Crippen LogP contribution is -2.70. The molecule has 39 heavy (non-hydrogen) atoms. The molecule has 0 N–H and O–H groups in total. The number of rotatable bonds is 16. The van der Waals surface area contributed by atoms with E-state index in [9.17, 15) is 14.4 Å². The summed E-state index contributed by atoms with van der Waals surface area (Å²) in [6.07, 6.45) is -3.22. The van der Waals surface area contributed by atoms with Crippen LogP contribution in [0.5, 0.6) is 0 Å². The first-order chi connectivity index (χ1) is 17.7. The molecule has 0 atom stereocenters. The summed E-state index contributed by atoms with van der Waals surface area (Å²) in [6, 6.07) is 0. The molecule has 0 saturated carbocycles. The topological polar surface area (TPSA) is 134 Å². The Morgan fingerprint density at radius 1 is 0.513 bits per heavy atom. The van der Waals surface area contributed by atoms with Gasteiger partial charge in [0.05, 0.1) is 25.2 Å². The van der Waals surface area contributed by atoms with Gasteiger partial charge in [0.25, 0.3) is 0 Å². The molecule has 0 heterocycles. The zero-order chi connectivity index (χ0) is 30.7. The zero-order valence-corrected chi connectivity index (χ0v) is 26.0. The lowest BCUT2D eigenvalue weighted by molar-refractivity contribution is -0.314. The number of hydrogen-bond donors (Lipinski definition) is 0. The summed E-state index contributed by atoms with van der Waals surface area (Å²) in [5.41, 5.74) is -5.97. The fourth-order valence-corrected chi connectivity index (χ4v) is 5.04. The smallest absolute Gasteiger partial charge is 0.425 e. The van der Waals surface area contributed by atoms with Gasteiger partial charge in [-0.2, -0.15) is 14.7 Å². The predicted molar refractivity (Wildman–Crippen MR) is 140 cm³/mol. The molecule has 0 amide bonds. The molecular weight excluding hydrogens is 516 g/mol. The van der Waals surface area contributed by atoms with E-state index in [1.807, 2.05) is 41.5 Å². The van der Waals surface area contributed by atoms with Gasteiger partial charge in [-0.05, 0) is 65.7 Å². The molecule has 0 fully saturated rings. The summed E-state index contributed by atoms with van der Waals surface area (Å²) < 4.78 is 17.2. The molecule has 0 aromatic carbocycles. The van der Waals surface area contributed by atoms with E-state index in [0.717, 1.165) is 0 Å². The van der Waals surface area contributed by atoms with Gasteiger partial charge >= 0.3 is 18.5 Å². The Labute approximate surface area is 233 Å². The van der Waals surface area contributed by atoms with Crippen LogP contribution in [-0.2, 0) is 43.5 Å². The second kappa shape index (κ2) is 15.5. The maximum atomic E-state index is 12.6. The highest BCUT2D eigenvalue weighted by atomic mass is 17.2. The molecule has 0 aromatic heterocycles. The summed E-state index contributed by atoms with van der Waals surface area (Å²) in [4.78, 5) is 67.2. The molecule has 0 radical (unpaired) electrons. The van der Waals surface area contributed by atoms with E-state index in [0.29, 0.717) is 0 Å². The summed E-state index contributed by atoms with van der Waals surface area (Å²) in [5.74, 6) is 0.314. The van der Waals surface area contributed by atoms with Crippen molar-refractivity contribution in [1.29, 1.82) is 0 Å². The summed E-state index contributed by atoms with van der Waals surface area (Å²) in [6.45, 7) is 23.0. The molecule has 0 aliphatic heterocycles. The minimum absolute atomic E-state index is 0.105. The van der Waals surface area contributed by atoms with Gasteiger partial charge in [0.2, 0.25) is 0 Å². The van der Waals surface area contributed by atoms with Gasteiger partial charge in [0.15, 0.2) is 0 Å². The van der Waals surface area contributed by atoms with Crippen LogP contribution in [0.4, 0.5) is 14.4 Å². The third-order valence-corrected chi connectivity index (χ3v) is 6.21. The van der Waals surface area contributed by atoms with E-state index in [-0.39, 0.29) is 44.0 Å². The van der Waals surface area contributed by atoms with Crippen molar-refractivity contribution < 1.29 is 57.9 Å². The normalized spacial score (nSPS) is 12.9. The first-order valence-electron chi connectivity index (χ1n) is 13.3. The van der Waals surface area contributed by atoms with Crippen LogP contribution >= 0.6 is 0 Å². The van der Waals surface area contributed by atoms with Crippen molar-refractivity contribution in [3.63, 3.8) is 0 Å². The van der Waals surface area contributed by atoms with Gasteiger partial charge in [0, 0.05) is 0 Å². The standard InChI is InChI=1S/C27H50O12/c1-14-27(24(8,9)34-21(28)37-31-15-18(2)3,25(10,11)35-22(29)38-32-16-19(4)5)26(12,13)36-23(30)39-33-17-20(6)7/h18-20H,14-17H2,1-13H3. The number of carbonyl (C=O) groups is 3. The van der Waals surface area contributed by atoms with Crippen LogP contribution in [0, 0.1) is 23.2 Å². The SMILES string of the molecule is CCC(C(C)(C)OC(=O)OOCC(C)C)(C(C)(C)OC(=O)OOCC(C)C)C(C)(C)OC(=O)OOCC(C)C. The first kappa shape index (κ1) is 36.7. The largest absolute Gasteiger partial charge is 0.541 e. The third-order valence-electron chi connectivity index (χ3n) is 6.21. The van der Waals surface area contributed by atoms with E-state index in [2.05, 4.69) is 0 Å². The van der Waals surface area contributed by atoms with Gasteiger partial charge in [-0.1, -0.05) is 48.5 Å². The Morgan fingerprint density at radius 2 is 0.744 bits per heavy atom. The quantitative estimate of drug-likeness (QED) is 0.0828. The third kappa shape index (κ3) is 11.0. The average Bonchev–Trinajstić information content (AvgIpc) is 2.71. The lowest BCUT2D eigenvalue weighted by atomic mass is 9.54. The molecule has 0 aliphatic rings. The fraction of sp³-hybridized carbons (Fsp3) is 0.889. The van der Waals surface area contributed by atoms with Gasteiger partial charge in [0.1, 0.15) is 16.8 Å². The second-order valence-electron chi connectivity index (χ2n) is 12.1. The highest BCUT2D eigenvalue weighted by Gasteiger charge is 2.68. The Balaban J connectivity index is 6.31.